The minimum Gasteiger partial charge on any atom is -0.321 e. The third kappa shape index (κ3) is 3.33. The molecule has 2 heterocycles. The average Bonchev–Trinajstić information content (AvgIpc) is 3.01. The molecule has 0 bridgehead atoms. The Balaban J connectivity index is 1.73. The normalized spacial score (nSPS) is 10.3. The van der Waals surface area contributed by atoms with E-state index in [9.17, 15) is 4.79 Å². The molecule has 1 N–H and O–H groups in total. The fourth-order valence-corrected chi connectivity index (χ4v) is 2.02. The van der Waals surface area contributed by atoms with Gasteiger partial charge in [0.25, 0.3) is 5.91 Å². The lowest BCUT2D eigenvalue weighted by atomic mass is 10.2. The maximum absolute atomic E-state index is 12.1. The molecule has 0 saturated heterocycles. The zero-order chi connectivity index (χ0) is 14.5. The molecule has 1 amide bonds. The topological polar surface area (TPSA) is 59.8 Å². The quantitative estimate of drug-likeness (QED) is 0.798. The van der Waals surface area contributed by atoms with Crippen molar-refractivity contribution in [1.82, 2.24) is 14.8 Å². The van der Waals surface area contributed by atoms with Gasteiger partial charge in [0.2, 0.25) is 0 Å². The van der Waals surface area contributed by atoms with Crippen LogP contribution in [0.5, 0.6) is 0 Å². The van der Waals surface area contributed by atoms with Gasteiger partial charge < -0.3 is 5.32 Å². The van der Waals surface area contributed by atoms with Gasteiger partial charge in [-0.15, -0.1) is 0 Å². The van der Waals surface area contributed by atoms with Crippen LogP contribution in [0.15, 0.2) is 67.1 Å². The van der Waals surface area contributed by atoms with Crippen molar-refractivity contribution in [2.45, 2.75) is 6.54 Å². The Morgan fingerprint density at radius 2 is 2.05 bits per heavy atom. The number of rotatable bonds is 4. The van der Waals surface area contributed by atoms with E-state index in [1.54, 1.807) is 30.6 Å². The van der Waals surface area contributed by atoms with Crippen LogP contribution in [-0.2, 0) is 6.54 Å². The summed E-state index contributed by atoms with van der Waals surface area (Å²) in [6.45, 7) is 0.667. The summed E-state index contributed by atoms with van der Waals surface area (Å²) in [5, 5.41) is 7.02. The molecule has 0 aliphatic rings. The number of benzene rings is 1. The Morgan fingerprint density at radius 3 is 2.81 bits per heavy atom. The largest absolute Gasteiger partial charge is 0.321 e. The van der Waals surface area contributed by atoms with Gasteiger partial charge in [-0.25, -0.2) is 0 Å². The first kappa shape index (κ1) is 13.1. The number of amides is 1. The number of aromatic nitrogens is 3. The molecule has 0 aliphatic heterocycles. The Hall–Kier alpha value is -2.95. The molecule has 2 aromatic heterocycles. The van der Waals surface area contributed by atoms with Crippen molar-refractivity contribution < 1.29 is 4.79 Å². The van der Waals surface area contributed by atoms with E-state index in [-0.39, 0.29) is 5.91 Å². The summed E-state index contributed by atoms with van der Waals surface area (Å²) >= 11 is 0. The Morgan fingerprint density at radius 1 is 1.10 bits per heavy atom. The smallest absolute Gasteiger partial charge is 0.274 e. The summed E-state index contributed by atoms with van der Waals surface area (Å²) < 4.78 is 1.83. The molecule has 104 valence electrons. The zero-order valence-electron chi connectivity index (χ0n) is 11.3. The molecule has 5 heteroatoms. The number of nitrogens with zero attached hydrogens (tertiary/aromatic N) is 3. The van der Waals surface area contributed by atoms with Crippen LogP contribution in [-0.4, -0.2) is 20.7 Å². The molecule has 0 atom stereocenters. The van der Waals surface area contributed by atoms with Gasteiger partial charge in [-0.2, -0.15) is 5.10 Å². The minimum absolute atomic E-state index is 0.216. The van der Waals surface area contributed by atoms with Crippen LogP contribution >= 0.6 is 0 Å². The number of carbonyl (C=O) groups excluding carboxylic acids is 1. The van der Waals surface area contributed by atoms with Gasteiger partial charge in [0, 0.05) is 24.3 Å². The van der Waals surface area contributed by atoms with Gasteiger partial charge in [-0.1, -0.05) is 18.2 Å². The molecule has 1 aromatic carbocycles. The lowest BCUT2D eigenvalue weighted by Gasteiger charge is -2.07. The number of hydrogen-bond acceptors (Lipinski definition) is 3. The molecule has 5 nitrogen and oxygen atoms in total. The monoisotopic (exact) mass is 278 g/mol. The summed E-state index contributed by atoms with van der Waals surface area (Å²) in [6, 6.07) is 14.8. The Kier molecular flexibility index (Phi) is 3.73. The van der Waals surface area contributed by atoms with Crippen molar-refractivity contribution >= 4 is 11.6 Å². The van der Waals surface area contributed by atoms with Crippen LogP contribution in [0, 0.1) is 0 Å². The molecular formula is C16H14N4O. The molecular weight excluding hydrogens is 264 g/mol. The average molecular weight is 278 g/mol. The molecule has 0 saturated carbocycles. The second kappa shape index (κ2) is 6.00. The van der Waals surface area contributed by atoms with Crippen LogP contribution < -0.4 is 5.32 Å². The molecule has 3 aromatic rings. The number of carbonyl (C=O) groups is 1. The van der Waals surface area contributed by atoms with Crippen LogP contribution in [0.25, 0.3) is 0 Å². The fraction of sp³-hybridized carbons (Fsp3) is 0.0625. The molecule has 0 radical (unpaired) electrons. The first-order valence-electron chi connectivity index (χ1n) is 6.60. The SMILES string of the molecule is O=C(Nc1cccc(Cn2cccn2)c1)c1ccccn1. The van der Waals surface area contributed by atoms with Crippen molar-refractivity contribution in [1.29, 1.82) is 0 Å². The van der Waals surface area contributed by atoms with Gasteiger partial charge in [-0.3, -0.25) is 14.5 Å². The van der Waals surface area contributed by atoms with Gasteiger partial charge in [0.1, 0.15) is 5.69 Å². The van der Waals surface area contributed by atoms with E-state index in [2.05, 4.69) is 15.4 Å². The van der Waals surface area contributed by atoms with Crippen LogP contribution in [0.2, 0.25) is 0 Å². The van der Waals surface area contributed by atoms with E-state index in [1.165, 1.54) is 0 Å². The predicted octanol–water partition coefficient (Wildman–Crippen LogP) is 2.58. The summed E-state index contributed by atoms with van der Waals surface area (Å²) in [4.78, 5) is 16.1. The molecule has 3 rings (SSSR count). The van der Waals surface area contributed by atoms with Crippen molar-refractivity contribution in [2.24, 2.45) is 0 Å². The number of nitrogens with one attached hydrogen (secondary N) is 1. The van der Waals surface area contributed by atoms with E-state index in [1.807, 2.05) is 41.2 Å². The highest BCUT2D eigenvalue weighted by Gasteiger charge is 2.07. The third-order valence-corrected chi connectivity index (χ3v) is 2.99. The second-order valence-corrected chi connectivity index (χ2v) is 4.57. The van der Waals surface area contributed by atoms with Crippen molar-refractivity contribution in [3.05, 3.63) is 78.4 Å². The van der Waals surface area contributed by atoms with Gasteiger partial charge >= 0.3 is 0 Å². The van der Waals surface area contributed by atoms with Crippen LogP contribution in [0.3, 0.4) is 0 Å². The lowest BCUT2D eigenvalue weighted by molar-refractivity contribution is 0.102. The van der Waals surface area contributed by atoms with E-state index in [0.717, 1.165) is 11.3 Å². The lowest BCUT2D eigenvalue weighted by Crippen LogP contribution is -2.13. The van der Waals surface area contributed by atoms with E-state index < -0.39 is 0 Å². The fourth-order valence-electron chi connectivity index (χ4n) is 2.02. The minimum atomic E-state index is -0.216. The van der Waals surface area contributed by atoms with E-state index in [4.69, 9.17) is 0 Å². The number of pyridine rings is 1. The Bertz CT molecular complexity index is 723. The van der Waals surface area contributed by atoms with E-state index >= 15 is 0 Å². The highest BCUT2D eigenvalue weighted by Crippen LogP contribution is 2.12. The zero-order valence-corrected chi connectivity index (χ0v) is 11.3. The van der Waals surface area contributed by atoms with Crippen LogP contribution in [0.4, 0.5) is 5.69 Å². The maximum atomic E-state index is 12.1. The van der Waals surface area contributed by atoms with Gasteiger partial charge in [-0.05, 0) is 35.9 Å². The first-order chi connectivity index (χ1) is 10.3. The molecule has 21 heavy (non-hydrogen) atoms. The highest BCUT2D eigenvalue weighted by molar-refractivity contribution is 6.02. The number of hydrogen-bond donors (Lipinski definition) is 1. The Labute approximate surface area is 122 Å². The van der Waals surface area contributed by atoms with E-state index in [0.29, 0.717) is 12.2 Å². The summed E-state index contributed by atoms with van der Waals surface area (Å²) in [6.07, 6.45) is 5.24. The predicted molar refractivity (Wildman–Crippen MR) is 80.0 cm³/mol. The standard InChI is InChI=1S/C16H14N4O/c21-16(15-7-1-2-8-17-15)19-14-6-3-5-13(11-14)12-20-10-4-9-18-20/h1-11H,12H2,(H,19,21). The van der Waals surface area contributed by atoms with Crippen molar-refractivity contribution in [3.63, 3.8) is 0 Å². The summed E-state index contributed by atoms with van der Waals surface area (Å²) in [5.74, 6) is -0.216. The molecule has 0 spiro atoms. The van der Waals surface area contributed by atoms with Gasteiger partial charge in [0.05, 0.1) is 6.54 Å². The molecule has 0 fully saturated rings. The molecule has 0 aliphatic carbocycles. The highest BCUT2D eigenvalue weighted by atomic mass is 16.1. The maximum Gasteiger partial charge on any atom is 0.274 e. The van der Waals surface area contributed by atoms with Gasteiger partial charge in [0.15, 0.2) is 0 Å². The van der Waals surface area contributed by atoms with Crippen LogP contribution in [0.1, 0.15) is 16.1 Å². The second-order valence-electron chi connectivity index (χ2n) is 4.57. The van der Waals surface area contributed by atoms with Crippen molar-refractivity contribution in [2.75, 3.05) is 5.32 Å². The van der Waals surface area contributed by atoms with Crippen molar-refractivity contribution in [3.8, 4) is 0 Å². The third-order valence-electron chi connectivity index (χ3n) is 2.99. The summed E-state index contributed by atoms with van der Waals surface area (Å²) in [7, 11) is 0. The first-order valence-corrected chi connectivity index (χ1v) is 6.60. The summed E-state index contributed by atoms with van der Waals surface area (Å²) in [5.41, 5.74) is 2.21. The number of anilines is 1. The molecule has 0 unspecified atom stereocenters.